The summed E-state index contributed by atoms with van der Waals surface area (Å²) in [5, 5.41) is 4.50. The largest absolute Gasteiger partial charge is 0.358 e. The van der Waals surface area contributed by atoms with Crippen molar-refractivity contribution >= 4 is 32.7 Å². The summed E-state index contributed by atoms with van der Waals surface area (Å²) in [6.45, 7) is 0. The van der Waals surface area contributed by atoms with Gasteiger partial charge in [-0.15, -0.1) is 0 Å². The van der Waals surface area contributed by atoms with Gasteiger partial charge in [0.1, 0.15) is 0 Å². The van der Waals surface area contributed by atoms with Crippen LogP contribution >= 0.6 is 15.9 Å². The summed E-state index contributed by atoms with van der Waals surface area (Å²) in [6.07, 6.45) is 3.33. The molecule has 4 heteroatoms. The van der Waals surface area contributed by atoms with Gasteiger partial charge < -0.3 is 10.3 Å². The van der Waals surface area contributed by atoms with Gasteiger partial charge in [-0.25, -0.2) is 0 Å². The lowest BCUT2D eigenvalue weighted by Gasteiger charge is -2.23. The van der Waals surface area contributed by atoms with Crippen LogP contribution in [0.25, 0.3) is 10.9 Å². The lowest BCUT2D eigenvalue weighted by atomic mass is 9.91. The average molecular weight is 383 g/mol. The number of rotatable bonds is 3. The maximum atomic E-state index is 12.3. The van der Waals surface area contributed by atoms with Crippen molar-refractivity contribution in [3.8, 4) is 0 Å². The van der Waals surface area contributed by atoms with Crippen LogP contribution in [0, 0.1) is 0 Å². The van der Waals surface area contributed by atoms with Crippen LogP contribution in [0.2, 0.25) is 0 Å². The van der Waals surface area contributed by atoms with E-state index in [1.807, 2.05) is 24.3 Å². The van der Waals surface area contributed by atoms with E-state index in [0.717, 1.165) is 29.3 Å². The molecule has 1 unspecified atom stereocenters. The van der Waals surface area contributed by atoms with Gasteiger partial charge in [0.15, 0.2) is 0 Å². The molecule has 1 atom stereocenters. The van der Waals surface area contributed by atoms with Gasteiger partial charge in [0.05, 0.1) is 6.42 Å². The highest BCUT2D eigenvalue weighted by Gasteiger charge is 2.23. The van der Waals surface area contributed by atoms with Gasteiger partial charge in [-0.1, -0.05) is 46.3 Å². The molecule has 1 heterocycles. The second-order valence-electron chi connectivity index (χ2n) is 6.44. The molecule has 3 aromatic rings. The van der Waals surface area contributed by atoms with Crippen LogP contribution in [0.3, 0.4) is 0 Å². The number of halogens is 1. The second-order valence-corrected chi connectivity index (χ2v) is 7.35. The Morgan fingerprint density at radius 3 is 2.79 bits per heavy atom. The van der Waals surface area contributed by atoms with Crippen LogP contribution in [0.5, 0.6) is 0 Å². The maximum absolute atomic E-state index is 12.3. The molecular formula is C20H19BrN2O. The number of carbonyl (C=O) groups is 1. The lowest BCUT2D eigenvalue weighted by molar-refractivity contribution is -0.121. The molecule has 122 valence electrons. The van der Waals surface area contributed by atoms with Crippen molar-refractivity contribution in [2.45, 2.75) is 31.7 Å². The molecule has 4 rings (SSSR count). The van der Waals surface area contributed by atoms with E-state index in [1.165, 1.54) is 22.2 Å². The number of hydrogen-bond donors (Lipinski definition) is 2. The molecule has 0 saturated heterocycles. The van der Waals surface area contributed by atoms with Crippen molar-refractivity contribution in [2.75, 3.05) is 0 Å². The molecule has 0 bridgehead atoms. The molecule has 0 spiro atoms. The number of hydrogen-bond acceptors (Lipinski definition) is 1. The second kappa shape index (κ2) is 6.44. The highest BCUT2D eigenvalue weighted by molar-refractivity contribution is 9.10. The fourth-order valence-corrected chi connectivity index (χ4v) is 3.82. The minimum atomic E-state index is 0.102. The number of aromatic amines is 1. The topological polar surface area (TPSA) is 44.9 Å². The SMILES string of the molecule is O=C(Cc1ccc(Br)cc1)NC1CCc2[nH]c3ccccc3c2C1. The third-order valence-corrected chi connectivity index (χ3v) is 5.27. The number of H-pyrrole nitrogens is 1. The third kappa shape index (κ3) is 3.11. The van der Waals surface area contributed by atoms with E-state index >= 15 is 0 Å². The van der Waals surface area contributed by atoms with Crippen LogP contribution in [0.15, 0.2) is 53.0 Å². The van der Waals surface area contributed by atoms with E-state index in [2.05, 4.69) is 50.5 Å². The zero-order chi connectivity index (χ0) is 16.5. The van der Waals surface area contributed by atoms with Crippen molar-refractivity contribution < 1.29 is 4.79 Å². The van der Waals surface area contributed by atoms with Crippen LogP contribution in [0.1, 0.15) is 23.2 Å². The molecule has 1 aromatic heterocycles. The van der Waals surface area contributed by atoms with Crippen molar-refractivity contribution in [1.82, 2.24) is 10.3 Å². The first-order valence-electron chi connectivity index (χ1n) is 8.31. The number of carbonyl (C=O) groups excluding carboxylic acids is 1. The molecule has 1 amide bonds. The molecule has 1 aliphatic carbocycles. The number of benzene rings is 2. The first-order chi connectivity index (χ1) is 11.7. The Morgan fingerprint density at radius 2 is 1.96 bits per heavy atom. The van der Waals surface area contributed by atoms with Crippen LogP contribution in [-0.2, 0) is 24.1 Å². The number of aromatic nitrogens is 1. The molecule has 0 radical (unpaired) electrons. The zero-order valence-corrected chi connectivity index (χ0v) is 14.9. The summed E-state index contributed by atoms with van der Waals surface area (Å²) in [7, 11) is 0. The van der Waals surface area contributed by atoms with Gasteiger partial charge in [-0.3, -0.25) is 4.79 Å². The standard InChI is InChI=1S/C20H19BrN2O/c21-14-7-5-13(6-8-14)11-20(24)22-15-9-10-19-17(12-15)16-3-1-2-4-18(16)23-19/h1-8,15,23H,9-12H2,(H,22,24). The summed E-state index contributed by atoms with van der Waals surface area (Å²) >= 11 is 3.42. The Balaban J connectivity index is 1.44. The van der Waals surface area contributed by atoms with Gasteiger partial charge in [0.2, 0.25) is 5.91 Å². The molecule has 0 aliphatic heterocycles. The first-order valence-corrected chi connectivity index (χ1v) is 9.10. The predicted molar refractivity (Wildman–Crippen MR) is 100 cm³/mol. The summed E-state index contributed by atoms with van der Waals surface area (Å²) in [4.78, 5) is 15.9. The summed E-state index contributed by atoms with van der Waals surface area (Å²) in [5.41, 5.74) is 4.93. The normalized spacial score (nSPS) is 16.8. The number of amides is 1. The van der Waals surface area contributed by atoms with Crippen LogP contribution in [0.4, 0.5) is 0 Å². The zero-order valence-electron chi connectivity index (χ0n) is 13.3. The Hall–Kier alpha value is -2.07. The van der Waals surface area contributed by atoms with Crippen molar-refractivity contribution in [1.29, 1.82) is 0 Å². The summed E-state index contributed by atoms with van der Waals surface area (Å²) in [6, 6.07) is 16.6. The van der Waals surface area contributed by atoms with Crippen molar-refractivity contribution in [2.24, 2.45) is 0 Å². The molecule has 0 saturated carbocycles. The smallest absolute Gasteiger partial charge is 0.224 e. The summed E-state index contributed by atoms with van der Waals surface area (Å²) < 4.78 is 1.03. The highest BCUT2D eigenvalue weighted by atomic mass is 79.9. The van der Waals surface area contributed by atoms with E-state index < -0.39 is 0 Å². The lowest BCUT2D eigenvalue weighted by Crippen LogP contribution is -2.39. The molecular weight excluding hydrogens is 364 g/mol. The van der Waals surface area contributed by atoms with E-state index in [1.54, 1.807) is 0 Å². The van der Waals surface area contributed by atoms with Crippen LogP contribution < -0.4 is 5.32 Å². The molecule has 2 aromatic carbocycles. The minimum absolute atomic E-state index is 0.102. The van der Waals surface area contributed by atoms with Gasteiger partial charge in [-0.2, -0.15) is 0 Å². The minimum Gasteiger partial charge on any atom is -0.358 e. The van der Waals surface area contributed by atoms with Crippen molar-refractivity contribution in [3.05, 3.63) is 69.8 Å². The quantitative estimate of drug-likeness (QED) is 0.702. The number of fused-ring (bicyclic) bond motifs is 3. The monoisotopic (exact) mass is 382 g/mol. The Morgan fingerprint density at radius 1 is 1.17 bits per heavy atom. The first kappa shape index (κ1) is 15.5. The predicted octanol–water partition coefficient (Wildman–Crippen LogP) is 4.15. The van der Waals surface area contributed by atoms with Gasteiger partial charge in [-0.05, 0) is 48.6 Å². The molecule has 0 fully saturated rings. The molecule has 1 aliphatic rings. The molecule has 24 heavy (non-hydrogen) atoms. The Bertz CT molecular complexity index is 882. The highest BCUT2D eigenvalue weighted by Crippen LogP contribution is 2.29. The Labute approximate surface area is 149 Å². The van der Waals surface area contributed by atoms with Gasteiger partial charge in [0, 0.05) is 27.1 Å². The van der Waals surface area contributed by atoms with Gasteiger partial charge in [0.25, 0.3) is 0 Å². The van der Waals surface area contributed by atoms with Crippen molar-refractivity contribution in [3.63, 3.8) is 0 Å². The Kier molecular flexibility index (Phi) is 4.15. The number of para-hydroxylation sites is 1. The number of nitrogens with one attached hydrogen (secondary N) is 2. The van der Waals surface area contributed by atoms with E-state index in [0.29, 0.717) is 6.42 Å². The molecule has 2 N–H and O–H groups in total. The molecule has 3 nitrogen and oxygen atoms in total. The maximum Gasteiger partial charge on any atom is 0.224 e. The van der Waals surface area contributed by atoms with Gasteiger partial charge >= 0.3 is 0 Å². The summed E-state index contributed by atoms with van der Waals surface area (Å²) in [5.74, 6) is 0.102. The average Bonchev–Trinajstić information content (AvgIpc) is 2.95. The fraction of sp³-hybridized carbons (Fsp3) is 0.250. The van der Waals surface area contributed by atoms with E-state index in [-0.39, 0.29) is 11.9 Å². The third-order valence-electron chi connectivity index (χ3n) is 4.74. The van der Waals surface area contributed by atoms with E-state index in [9.17, 15) is 4.79 Å². The number of aryl methyl sites for hydroxylation is 1. The fourth-order valence-electron chi connectivity index (χ4n) is 3.56. The van der Waals surface area contributed by atoms with Crippen LogP contribution in [-0.4, -0.2) is 16.9 Å². The van der Waals surface area contributed by atoms with E-state index in [4.69, 9.17) is 0 Å².